The van der Waals surface area contributed by atoms with Crippen molar-refractivity contribution in [3.63, 3.8) is 0 Å². The summed E-state index contributed by atoms with van der Waals surface area (Å²) in [4.78, 5) is 14.3. The van der Waals surface area contributed by atoms with Gasteiger partial charge in [0.15, 0.2) is 18.2 Å². The summed E-state index contributed by atoms with van der Waals surface area (Å²) in [6.07, 6.45) is 1.64. The van der Waals surface area contributed by atoms with E-state index in [1.165, 1.54) is 12.1 Å². The van der Waals surface area contributed by atoms with E-state index in [-0.39, 0.29) is 18.3 Å². The largest absolute Gasteiger partial charge is 0.497 e. The Kier molecular flexibility index (Phi) is 5.07. The van der Waals surface area contributed by atoms with Crippen LogP contribution < -0.4 is 19.1 Å². The van der Waals surface area contributed by atoms with Crippen LogP contribution in [0, 0.1) is 5.82 Å². The summed E-state index contributed by atoms with van der Waals surface area (Å²) in [5.41, 5.74) is 1.72. The number of amides is 1. The Morgan fingerprint density at radius 1 is 1.16 bits per heavy atom. The van der Waals surface area contributed by atoms with Crippen molar-refractivity contribution in [3.05, 3.63) is 47.8 Å². The molecule has 1 heterocycles. The van der Waals surface area contributed by atoms with Crippen LogP contribution in [0.3, 0.4) is 0 Å². The molecule has 0 atom stereocenters. The summed E-state index contributed by atoms with van der Waals surface area (Å²) < 4.78 is 29.7. The molecule has 2 aromatic carbocycles. The molecular weight excluding hydrogens is 325 g/mol. The van der Waals surface area contributed by atoms with Crippen molar-refractivity contribution < 1.29 is 23.4 Å². The zero-order chi connectivity index (χ0) is 17.8. The van der Waals surface area contributed by atoms with E-state index in [2.05, 4.69) is 0 Å². The van der Waals surface area contributed by atoms with Crippen molar-refractivity contribution in [3.8, 4) is 17.2 Å². The van der Waals surface area contributed by atoms with E-state index < -0.39 is 5.82 Å². The van der Waals surface area contributed by atoms with E-state index in [1.54, 1.807) is 31.3 Å². The molecule has 0 saturated carbocycles. The molecule has 3 rings (SSSR count). The molecule has 6 heteroatoms. The zero-order valence-corrected chi connectivity index (χ0v) is 14.3. The van der Waals surface area contributed by atoms with Crippen molar-refractivity contribution in [1.82, 2.24) is 0 Å². The first-order valence-corrected chi connectivity index (χ1v) is 8.06. The number of fused-ring (bicyclic) bond motifs is 1. The molecule has 0 spiro atoms. The van der Waals surface area contributed by atoms with Gasteiger partial charge in [0, 0.05) is 24.2 Å². The minimum atomic E-state index is -0.488. The van der Waals surface area contributed by atoms with Gasteiger partial charge in [-0.05, 0) is 25.0 Å². The predicted octanol–water partition coefficient (Wildman–Crippen LogP) is 3.20. The fraction of sp³-hybridized carbons (Fsp3) is 0.316. The number of para-hydroxylation sites is 1. The Balaban J connectivity index is 1.82. The topological polar surface area (TPSA) is 48.0 Å². The van der Waals surface area contributed by atoms with Crippen molar-refractivity contribution in [2.45, 2.75) is 12.8 Å². The lowest BCUT2D eigenvalue weighted by Crippen LogP contribution is -2.38. The van der Waals surface area contributed by atoms with Crippen LogP contribution in [0.5, 0.6) is 17.2 Å². The molecule has 132 valence electrons. The number of anilines is 1. The second-order valence-electron chi connectivity index (χ2n) is 5.70. The third-order valence-corrected chi connectivity index (χ3v) is 4.20. The van der Waals surface area contributed by atoms with Crippen LogP contribution in [0.15, 0.2) is 36.4 Å². The number of carbonyl (C=O) groups is 1. The summed E-state index contributed by atoms with van der Waals surface area (Å²) in [6.45, 7) is 0.336. The van der Waals surface area contributed by atoms with Crippen LogP contribution in [-0.2, 0) is 11.2 Å². The van der Waals surface area contributed by atoms with Gasteiger partial charge in [0.1, 0.15) is 11.5 Å². The number of methoxy groups -OCH3 is 2. The molecule has 1 aliphatic rings. The predicted molar refractivity (Wildman–Crippen MR) is 92.1 cm³/mol. The summed E-state index contributed by atoms with van der Waals surface area (Å²) >= 11 is 0. The maximum Gasteiger partial charge on any atom is 0.264 e. The van der Waals surface area contributed by atoms with Crippen LogP contribution >= 0.6 is 0 Å². The highest BCUT2D eigenvalue weighted by molar-refractivity contribution is 5.96. The van der Waals surface area contributed by atoms with Gasteiger partial charge in [-0.2, -0.15) is 0 Å². The molecule has 25 heavy (non-hydrogen) atoms. The summed E-state index contributed by atoms with van der Waals surface area (Å²) in [7, 11) is 3.16. The lowest BCUT2D eigenvalue weighted by molar-refractivity contribution is -0.120. The molecule has 0 bridgehead atoms. The van der Waals surface area contributed by atoms with Crippen LogP contribution in [0.25, 0.3) is 0 Å². The number of halogens is 1. The number of hydrogen-bond donors (Lipinski definition) is 0. The first-order chi connectivity index (χ1) is 12.1. The van der Waals surface area contributed by atoms with Gasteiger partial charge in [-0.1, -0.05) is 12.1 Å². The van der Waals surface area contributed by atoms with Crippen LogP contribution in [-0.4, -0.2) is 33.3 Å². The van der Waals surface area contributed by atoms with Gasteiger partial charge in [0.25, 0.3) is 5.91 Å². The fourth-order valence-electron chi connectivity index (χ4n) is 2.97. The van der Waals surface area contributed by atoms with E-state index in [1.807, 2.05) is 12.1 Å². The van der Waals surface area contributed by atoms with Gasteiger partial charge in [0.2, 0.25) is 0 Å². The van der Waals surface area contributed by atoms with Crippen LogP contribution in [0.1, 0.15) is 12.0 Å². The molecule has 0 radical (unpaired) electrons. The molecule has 0 N–H and O–H groups in total. The molecule has 0 unspecified atom stereocenters. The highest BCUT2D eigenvalue weighted by atomic mass is 19.1. The van der Waals surface area contributed by atoms with E-state index in [0.717, 1.165) is 24.1 Å². The third kappa shape index (κ3) is 3.52. The van der Waals surface area contributed by atoms with E-state index >= 15 is 0 Å². The molecule has 0 saturated heterocycles. The maximum absolute atomic E-state index is 13.6. The van der Waals surface area contributed by atoms with Crippen LogP contribution in [0.4, 0.5) is 10.1 Å². The molecule has 2 aromatic rings. The van der Waals surface area contributed by atoms with Gasteiger partial charge >= 0.3 is 0 Å². The smallest absolute Gasteiger partial charge is 0.264 e. The van der Waals surface area contributed by atoms with Gasteiger partial charge in [-0.15, -0.1) is 0 Å². The Labute approximate surface area is 145 Å². The first-order valence-electron chi connectivity index (χ1n) is 8.06. The Bertz CT molecular complexity index is 778. The molecule has 0 aromatic heterocycles. The highest BCUT2D eigenvalue weighted by Crippen LogP contribution is 2.38. The third-order valence-electron chi connectivity index (χ3n) is 4.20. The minimum absolute atomic E-state index is 0.0660. The molecule has 0 fully saturated rings. The van der Waals surface area contributed by atoms with E-state index in [9.17, 15) is 9.18 Å². The standard InChI is InChI=1S/C19H20FNO4/c1-23-13-10-16-14(18(11-13)24-2)6-5-9-21(16)19(22)12-25-17-8-4-3-7-15(17)20/h3-4,7-8,10-11H,5-6,9,12H2,1-2H3. The lowest BCUT2D eigenvalue weighted by Gasteiger charge is -2.31. The number of nitrogens with zero attached hydrogens (tertiary/aromatic N) is 1. The van der Waals surface area contributed by atoms with Crippen molar-refractivity contribution in [2.75, 3.05) is 32.3 Å². The zero-order valence-electron chi connectivity index (χ0n) is 14.3. The minimum Gasteiger partial charge on any atom is -0.497 e. The van der Waals surface area contributed by atoms with Gasteiger partial charge in [-0.3, -0.25) is 4.79 Å². The van der Waals surface area contributed by atoms with Gasteiger partial charge in [-0.25, -0.2) is 4.39 Å². The second kappa shape index (κ2) is 7.42. The normalized spacial score (nSPS) is 13.2. The maximum atomic E-state index is 13.6. The lowest BCUT2D eigenvalue weighted by atomic mass is 10.00. The molecular formula is C19H20FNO4. The van der Waals surface area contributed by atoms with Gasteiger partial charge < -0.3 is 19.1 Å². The fourth-order valence-corrected chi connectivity index (χ4v) is 2.97. The molecule has 0 aliphatic carbocycles. The van der Waals surface area contributed by atoms with Crippen LogP contribution in [0.2, 0.25) is 0 Å². The number of carbonyl (C=O) groups excluding carboxylic acids is 1. The number of hydrogen-bond acceptors (Lipinski definition) is 4. The molecule has 1 amide bonds. The summed E-state index contributed by atoms with van der Waals surface area (Å²) in [6, 6.07) is 9.66. The molecule has 5 nitrogen and oxygen atoms in total. The Morgan fingerprint density at radius 3 is 2.68 bits per heavy atom. The second-order valence-corrected chi connectivity index (χ2v) is 5.70. The van der Waals surface area contributed by atoms with E-state index in [0.29, 0.717) is 18.0 Å². The highest BCUT2D eigenvalue weighted by Gasteiger charge is 2.26. The van der Waals surface area contributed by atoms with E-state index in [4.69, 9.17) is 14.2 Å². The first kappa shape index (κ1) is 17.1. The SMILES string of the molecule is COc1cc(OC)c2c(c1)N(C(=O)COc1ccccc1F)CCC2. The summed E-state index contributed by atoms with van der Waals surface area (Å²) in [5, 5.41) is 0. The quantitative estimate of drug-likeness (QED) is 0.835. The van der Waals surface area contributed by atoms with Crippen molar-refractivity contribution in [2.24, 2.45) is 0 Å². The van der Waals surface area contributed by atoms with Crippen molar-refractivity contribution >= 4 is 11.6 Å². The number of ether oxygens (including phenoxy) is 3. The van der Waals surface area contributed by atoms with Gasteiger partial charge in [0.05, 0.1) is 19.9 Å². The Hall–Kier alpha value is -2.76. The summed E-state index contributed by atoms with van der Waals surface area (Å²) in [5.74, 6) is 0.653. The average molecular weight is 345 g/mol. The molecule has 1 aliphatic heterocycles. The Morgan fingerprint density at radius 2 is 1.96 bits per heavy atom. The van der Waals surface area contributed by atoms with Crippen molar-refractivity contribution in [1.29, 1.82) is 0 Å². The number of rotatable bonds is 5. The number of benzene rings is 2. The monoisotopic (exact) mass is 345 g/mol. The average Bonchev–Trinajstić information content (AvgIpc) is 2.65.